The Balaban J connectivity index is 1.54. The largest absolute Gasteiger partial charge is 0.481 e. The molecule has 0 saturated heterocycles. The zero-order chi connectivity index (χ0) is 31.0. The number of carbonyl (C=O) groups is 4. The van der Waals surface area contributed by atoms with Crippen molar-refractivity contribution >= 4 is 23.7 Å². The Morgan fingerprint density at radius 3 is 2.21 bits per heavy atom. The van der Waals surface area contributed by atoms with Crippen molar-refractivity contribution in [2.75, 3.05) is 6.61 Å². The first-order chi connectivity index (χ1) is 19.5. The highest BCUT2D eigenvalue weighted by atomic mass is 16.6. The number of carbonyl (C=O) groups excluding carboxylic acids is 3. The number of carboxylic acids is 1. The molecule has 0 radical (unpaired) electrons. The van der Waals surface area contributed by atoms with Gasteiger partial charge >= 0.3 is 17.9 Å². The van der Waals surface area contributed by atoms with Gasteiger partial charge in [0.2, 0.25) is 0 Å². The number of rotatable bonds is 6. The average Bonchev–Trinajstić information content (AvgIpc) is 3.19. The number of esters is 2. The number of ether oxygens (including phenoxy) is 2. The van der Waals surface area contributed by atoms with Crippen molar-refractivity contribution in [3.05, 3.63) is 11.1 Å². The van der Waals surface area contributed by atoms with Crippen LogP contribution in [0.3, 0.4) is 0 Å². The second kappa shape index (κ2) is 10.2. The maximum atomic E-state index is 13.4. The molecule has 4 saturated carbocycles. The van der Waals surface area contributed by atoms with Gasteiger partial charge in [0.05, 0.1) is 11.8 Å². The van der Waals surface area contributed by atoms with Crippen LogP contribution in [-0.4, -0.2) is 41.5 Å². The van der Waals surface area contributed by atoms with E-state index in [4.69, 9.17) is 9.47 Å². The molecule has 8 atom stereocenters. The standard InChI is InChI=1S/C35H52O7/c1-20(2)28-23(37)19-35(30(39)40)17-16-32(6)22(29(28)35)9-10-25-33(32,7)15-11-24-31(4,5)14-12-26(34(24,25)8)42-27(38)13-18-41-21(3)36/h20,22,24-26H,9-19H2,1-8H3,(H,39,40)/t22-,24+,25+,26?,32-,33-,34+,35-/m1/s1. The van der Waals surface area contributed by atoms with Crippen LogP contribution in [0.2, 0.25) is 0 Å². The van der Waals surface area contributed by atoms with Gasteiger partial charge in [-0.25, -0.2) is 0 Å². The van der Waals surface area contributed by atoms with Crippen molar-refractivity contribution in [2.45, 2.75) is 126 Å². The first kappa shape index (κ1) is 31.3. The normalized spacial score (nSPS) is 42.3. The summed E-state index contributed by atoms with van der Waals surface area (Å²) in [6, 6.07) is 0. The molecule has 5 aliphatic rings. The first-order valence-electron chi connectivity index (χ1n) is 16.3. The summed E-state index contributed by atoms with van der Waals surface area (Å²) >= 11 is 0. The van der Waals surface area contributed by atoms with E-state index in [2.05, 4.69) is 34.6 Å². The van der Waals surface area contributed by atoms with Gasteiger partial charge in [-0.3, -0.25) is 19.2 Å². The Kier molecular flexibility index (Phi) is 7.58. The fraction of sp³-hybridized carbons (Fsp3) is 0.829. The van der Waals surface area contributed by atoms with Crippen LogP contribution >= 0.6 is 0 Å². The van der Waals surface area contributed by atoms with Crippen molar-refractivity contribution < 1.29 is 33.8 Å². The van der Waals surface area contributed by atoms with E-state index in [0.717, 1.165) is 56.1 Å². The molecule has 0 heterocycles. The summed E-state index contributed by atoms with van der Waals surface area (Å²) in [5.74, 6) is -0.754. The fourth-order valence-electron chi connectivity index (χ4n) is 11.5. The van der Waals surface area contributed by atoms with Crippen molar-refractivity contribution in [1.29, 1.82) is 0 Å². The van der Waals surface area contributed by atoms with Crippen LogP contribution in [0, 0.1) is 50.7 Å². The molecule has 234 valence electrons. The van der Waals surface area contributed by atoms with Gasteiger partial charge < -0.3 is 14.6 Å². The zero-order valence-corrected chi connectivity index (χ0v) is 27.1. The molecule has 0 spiro atoms. The van der Waals surface area contributed by atoms with Gasteiger partial charge in [0.1, 0.15) is 12.7 Å². The summed E-state index contributed by atoms with van der Waals surface area (Å²) in [5, 5.41) is 10.6. The molecule has 4 fully saturated rings. The van der Waals surface area contributed by atoms with Gasteiger partial charge in [0.25, 0.3) is 0 Å². The van der Waals surface area contributed by atoms with E-state index < -0.39 is 17.4 Å². The van der Waals surface area contributed by atoms with Crippen molar-refractivity contribution in [1.82, 2.24) is 0 Å². The van der Waals surface area contributed by atoms with Crippen LogP contribution < -0.4 is 0 Å². The van der Waals surface area contributed by atoms with Crippen LogP contribution in [0.4, 0.5) is 0 Å². The van der Waals surface area contributed by atoms with Crippen LogP contribution in [0.1, 0.15) is 120 Å². The zero-order valence-electron chi connectivity index (χ0n) is 27.1. The van der Waals surface area contributed by atoms with E-state index in [-0.39, 0.29) is 70.8 Å². The van der Waals surface area contributed by atoms with Gasteiger partial charge in [-0.2, -0.15) is 0 Å². The lowest BCUT2D eigenvalue weighted by molar-refractivity contribution is -0.249. The Morgan fingerprint density at radius 2 is 1.60 bits per heavy atom. The molecule has 0 aromatic carbocycles. The number of Topliss-reactive ketones (excluding diaryl/α,β-unsaturated/α-hetero) is 1. The highest BCUT2D eigenvalue weighted by molar-refractivity contribution is 6.05. The third-order valence-corrected chi connectivity index (χ3v) is 13.6. The summed E-state index contributed by atoms with van der Waals surface area (Å²) in [5.41, 5.74) is 0.309. The maximum absolute atomic E-state index is 13.4. The Morgan fingerprint density at radius 1 is 0.905 bits per heavy atom. The van der Waals surface area contributed by atoms with Crippen LogP contribution in [-0.2, 0) is 28.7 Å². The molecular formula is C35H52O7. The van der Waals surface area contributed by atoms with E-state index in [9.17, 15) is 24.3 Å². The van der Waals surface area contributed by atoms with Gasteiger partial charge in [0.15, 0.2) is 5.78 Å². The molecule has 0 aromatic rings. The van der Waals surface area contributed by atoms with Crippen LogP contribution in [0.5, 0.6) is 0 Å². The SMILES string of the molecule is CC(=O)OCCC(=O)OC1CCC(C)(C)[C@@H]2CC[C@]3(C)[C@H](CC[C@@H]4C5=C(C(C)C)C(=O)C[C@]5(C(=O)O)CC[C@]43C)[C@@]12C. The van der Waals surface area contributed by atoms with E-state index >= 15 is 0 Å². The molecule has 5 aliphatic carbocycles. The number of hydrogen-bond acceptors (Lipinski definition) is 6. The minimum atomic E-state index is -1.06. The van der Waals surface area contributed by atoms with Gasteiger partial charge in [-0.1, -0.05) is 48.5 Å². The predicted molar refractivity (Wildman–Crippen MR) is 158 cm³/mol. The Bertz CT molecular complexity index is 1210. The van der Waals surface area contributed by atoms with E-state index in [1.807, 2.05) is 13.8 Å². The molecule has 0 aliphatic heterocycles. The summed E-state index contributed by atoms with van der Waals surface area (Å²) in [4.78, 5) is 50.6. The lowest BCUT2D eigenvalue weighted by atomic mass is 9.32. The molecule has 1 N–H and O–H groups in total. The summed E-state index contributed by atoms with van der Waals surface area (Å²) in [7, 11) is 0. The van der Waals surface area contributed by atoms with Gasteiger partial charge in [0, 0.05) is 18.8 Å². The molecule has 0 bridgehead atoms. The second-order valence-corrected chi connectivity index (χ2v) is 16.0. The molecule has 0 amide bonds. The maximum Gasteiger partial charge on any atom is 0.314 e. The number of aliphatic carboxylic acids is 1. The Labute approximate surface area is 251 Å². The number of carboxylic acid groups (broad SMARTS) is 1. The van der Waals surface area contributed by atoms with Gasteiger partial charge in [-0.05, 0) is 102 Å². The van der Waals surface area contributed by atoms with Gasteiger partial charge in [-0.15, -0.1) is 0 Å². The third-order valence-electron chi connectivity index (χ3n) is 13.6. The monoisotopic (exact) mass is 584 g/mol. The molecular weight excluding hydrogens is 532 g/mol. The van der Waals surface area contributed by atoms with Crippen molar-refractivity contribution in [2.24, 2.45) is 50.7 Å². The first-order valence-corrected chi connectivity index (χ1v) is 16.3. The van der Waals surface area contributed by atoms with Crippen LogP contribution in [0.15, 0.2) is 11.1 Å². The lowest BCUT2D eigenvalue weighted by Crippen LogP contribution is -2.67. The number of fused-ring (bicyclic) bond motifs is 7. The predicted octanol–water partition coefficient (Wildman–Crippen LogP) is 6.92. The Hall–Kier alpha value is -2.18. The van der Waals surface area contributed by atoms with E-state index in [1.54, 1.807) is 0 Å². The number of hydrogen-bond donors (Lipinski definition) is 1. The minimum Gasteiger partial charge on any atom is -0.481 e. The summed E-state index contributed by atoms with van der Waals surface area (Å²) in [6.45, 7) is 17.4. The molecule has 1 unspecified atom stereocenters. The topological polar surface area (TPSA) is 107 Å². The lowest BCUT2D eigenvalue weighted by Gasteiger charge is -2.72. The molecule has 5 rings (SSSR count). The fourth-order valence-corrected chi connectivity index (χ4v) is 11.5. The highest BCUT2D eigenvalue weighted by Crippen LogP contribution is 2.76. The molecule has 7 heteroatoms. The highest BCUT2D eigenvalue weighted by Gasteiger charge is 2.72. The van der Waals surface area contributed by atoms with E-state index in [0.29, 0.717) is 18.3 Å². The van der Waals surface area contributed by atoms with Crippen molar-refractivity contribution in [3.63, 3.8) is 0 Å². The number of allylic oxidation sites excluding steroid dienone is 1. The quantitative estimate of drug-likeness (QED) is 0.338. The van der Waals surface area contributed by atoms with E-state index in [1.165, 1.54) is 6.92 Å². The number of ketones is 1. The summed E-state index contributed by atoms with van der Waals surface area (Å²) in [6.07, 6.45) is 6.93. The second-order valence-electron chi connectivity index (χ2n) is 16.0. The van der Waals surface area contributed by atoms with Crippen molar-refractivity contribution in [3.8, 4) is 0 Å². The molecule has 7 nitrogen and oxygen atoms in total. The third kappa shape index (κ3) is 4.25. The molecule has 42 heavy (non-hydrogen) atoms. The minimum absolute atomic E-state index is 0.00442. The molecule has 0 aromatic heterocycles. The smallest absolute Gasteiger partial charge is 0.314 e. The average molecular weight is 585 g/mol. The summed E-state index contributed by atoms with van der Waals surface area (Å²) < 4.78 is 11.3. The van der Waals surface area contributed by atoms with Crippen LogP contribution in [0.25, 0.3) is 0 Å².